The van der Waals surface area contributed by atoms with E-state index >= 15 is 0 Å². The Labute approximate surface area is 128 Å². The number of ether oxygens (including phenoxy) is 1. The highest BCUT2D eigenvalue weighted by molar-refractivity contribution is 5.97. The average Bonchev–Trinajstić information content (AvgIpc) is 2.46. The Morgan fingerprint density at radius 1 is 1.41 bits per heavy atom. The van der Waals surface area contributed by atoms with Crippen LogP contribution in [-0.4, -0.2) is 26.7 Å². The zero-order valence-corrected chi connectivity index (χ0v) is 12.8. The van der Waals surface area contributed by atoms with Crippen LogP contribution in [-0.2, 0) is 11.2 Å². The molecule has 5 nitrogen and oxygen atoms in total. The molecule has 1 aromatic carbocycles. The number of carbonyl (C=O) groups excluding carboxylic acids is 1. The molecule has 2 rings (SSSR count). The van der Waals surface area contributed by atoms with Crippen LogP contribution in [0.1, 0.15) is 22.8 Å². The third kappa shape index (κ3) is 2.82. The summed E-state index contributed by atoms with van der Waals surface area (Å²) in [5.41, 5.74) is 0.898. The highest BCUT2D eigenvalue weighted by Gasteiger charge is 2.21. The van der Waals surface area contributed by atoms with Gasteiger partial charge in [-0.3, -0.25) is 0 Å². The third-order valence-electron chi connectivity index (χ3n) is 3.27. The van der Waals surface area contributed by atoms with Crippen LogP contribution >= 0.6 is 0 Å². The summed E-state index contributed by atoms with van der Waals surface area (Å²) in [6.45, 7) is 1.84. The van der Waals surface area contributed by atoms with Crippen molar-refractivity contribution >= 4 is 22.6 Å². The molecule has 5 heteroatoms. The van der Waals surface area contributed by atoms with Crippen molar-refractivity contribution in [2.45, 2.75) is 13.3 Å². The Bertz CT molecular complexity index is 812. The van der Waals surface area contributed by atoms with E-state index in [1.54, 1.807) is 19.1 Å². The van der Waals surface area contributed by atoms with Gasteiger partial charge in [0.25, 0.3) is 0 Å². The van der Waals surface area contributed by atoms with Crippen molar-refractivity contribution in [1.82, 2.24) is 0 Å². The molecule has 0 amide bonds. The number of carbonyl (C=O) groups is 1. The maximum absolute atomic E-state index is 12.2. The second-order valence-electron chi connectivity index (χ2n) is 4.92. The Morgan fingerprint density at radius 3 is 2.73 bits per heavy atom. The van der Waals surface area contributed by atoms with Crippen molar-refractivity contribution in [2.24, 2.45) is 0 Å². The fourth-order valence-corrected chi connectivity index (χ4v) is 2.23. The van der Waals surface area contributed by atoms with Crippen LogP contribution in [0.5, 0.6) is 0 Å². The minimum Gasteiger partial charge on any atom is -0.462 e. The fraction of sp³-hybridized carbons (Fsp3) is 0.294. The predicted octanol–water partition coefficient (Wildman–Crippen LogP) is 2.21. The van der Waals surface area contributed by atoms with Gasteiger partial charge < -0.3 is 14.1 Å². The van der Waals surface area contributed by atoms with E-state index in [2.05, 4.69) is 5.92 Å². The first-order chi connectivity index (χ1) is 10.5. The molecule has 0 atom stereocenters. The Morgan fingerprint density at radius 2 is 2.14 bits per heavy atom. The molecule has 114 valence electrons. The number of terminal acetylenes is 1. The number of anilines is 1. The molecule has 0 saturated carbocycles. The second kappa shape index (κ2) is 6.35. The Balaban J connectivity index is 2.77. The maximum Gasteiger partial charge on any atom is 0.351 e. The molecule has 2 aromatic rings. The lowest BCUT2D eigenvalue weighted by atomic mass is 10.0. The molecular formula is C17H17NO4. The van der Waals surface area contributed by atoms with E-state index in [0.29, 0.717) is 16.5 Å². The topological polar surface area (TPSA) is 59.8 Å². The molecule has 0 aliphatic carbocycles. The molecule has 0 fully saturated rings. The van der Waals surface area contributed by atoms with Gasteiger partial charge in [0, 0.05) is 37.7 Å². The number of esters is 1. The molecule has 1 aromatic heterocycles. The summed E-state index contributed by atoms with van der Waals surface area (Å²) in [5, 5.41) is 0.645. The van der Waals surface area contributed by atoms with Gasteiger partial charge in [-0.1, -0.05) is 0 Å². The van der Waals surface area contributed by atoms with Crippen LogP contribution in [0.25, 0.3) is 11.0 Å². The Hall–Kier alpha value is -2.74. The van der Waals surface area contributed by atoms with E-state index in [1.165, 1.54) is 0 Å². The predicted molar refractivity (Wildman–Crippen MR) is 85.3 cm³/mol. The summed E-state index contributed by atoms with van der Waals surface area (Å²) in [6, 6.07) is 5.41. The van der Waals surface area contributed by atoms with Crippen molar-refractivity contribution < 1.29 is 13.9 Å². The summed E-state index contributed by atoms with van der Waals surface area (Å²) in [6.07, 6.45) is 5.53. The molecule has 0 saturated heterocycles. The average molecular weight is 299 g/mol. The number of hydrogen-bond donors (Lipinski definition) is 0. The van der Waals surface area contributed by atoms with E-state index in [-0.39, 0.29) is 18.6 Å². The van der Waals surface area contributed by atoms with Crippen LogP contribution in [0.15, 0.2) is 27.4 Å². The van der Waals surface area contributed by atoms with E-state index in [1.807, 2.05) is 25.1 Å². The number of rotatable bonds is 4. The van der Waals surface area contributed by atoms with Gasteiger partial charge in [-0.2, -0.15) is 0 Å². The lowest BCUT2D eigenvalue weighted by Gasteiger charge is -2.14. The minimum absolute atomic E-state index is 0.120. The van der Waals surface area contributed by atoms with Crippen LogP contribution in [0.3, 0.4) is 0 Å². The minimum atomic E-state index is -0.730. The first-order valence-electron chi connectivity index (χ1n) is 6.87. The molecule has 0 aliphatic heterocycles. The van der Waals surface area contributed by atoms with Crippen molar-refractivity contribution in [1.29, 1.82) is 0 Å². The molecule has 0 unspecified atom stereocenters. The van der Waals surface area contributed by atoms with E-state index in [4.69, 9.17) is 15.6 Å². The molecule has 0 bridgehead atoms. The molecule has 0 radical (unpaired) electrons. The standard InChI is InChI=1S/C17H17NO4/c1-5-7-13-12-9-8-11(18(3)4)10-14(12)22-17(20)15(13)16(19)21-6-2/h1,8-10H,6-7H2,2-4H3. The van der Waals surface area contributed by atoms with Crippen LogP contribution < -0.4 is 10.5 Å². The zero-order chi connectivity index (χ0) is 16.3. The number of fused-ring (bicyclic) bond motifs is 1. The second-order valence-corrected chi connectivity index (χ2v) is 4.92. The van der Waals surface area contributed by atoms with E-state index in [9.17, 15) is 9.59 Å². The van der Waals surface area contributed by atoms with Gasteiger partial charge in [-0.05, 0) is 24.6 Å². The first-order valence-corrected chi connectivity index (χ1v) is 6.87. The first kappa shape index (κ1) is 15.6. The summed E-state index contributed by atoms with van der Waals surface area (Å²) in [4.78, 5) is 26.1. The van der Waals surface area contributed by atoms with Crippen LogP contribution in [0, 0.1) is 12.3 Å². The molecule has 22 heavy (non-hydrogen) atoms. The van der Waals surface area contributed by atoms with E-state index < -0.39 is 11.6 Å². The summed E-state index contributed by atoms with van der Waals surface area (Å²) in [5.74, 6) is 1.77. The molecule has 0 N–H and O–H groups in total. The highest BCUT2D eigenvalue weighted by Crippen LogP contribution is 2.25. The fourth-order valence-electron chi connectivity index (χ4n) is 2.23. The van der Waals surface area contributed by atoms with Gasteiger partial charge in [0.2, 0.25) is 0 Å². The van der Waals surface area contributed by atoms with Gasteiger partial charge in [0.05, 0.1) is 6.61 Å². The number of nitrogens with zero attached hydrogens (tertiary/aromatic N) is 1. The molecule has 0 aliphatic rings. The van der Waals surface area contributed by atoms with Gasteiger partial charge >= 0.3 is 11.6 Å². The number of benzene rings is 1. The quantitative estimate of drug-likeness (QED) is 0.492. The third-order valence-corrected chi connectivity index (χ3v) is 3.27. The lowest BCUT2D eigenvalue weighted by Crippen LogP contribution is -2.20. The smallest absolute Gasteiger partial charge is 0.351 e. The van der Waals surface area contributed by atoms with E-state index in [0.717, 1.165) is 5.69 Å². The van der Waals surface area contributed by atoms with Gasteiger partial charge in [0.15, 0.2) is 0 Å². The lowest BCUT2D eigenvalue weighted by molar-refractivity contribution is 0.0520. The van der Waals surface area contributed by atoms with Crippen LogP contribution in [0.2, 0.25) is 0 Å². The number of hydrogen-bond acceptors (Lipinski definition) is 5. The summed E-state index contributed by atoms with van der Waals surface area (Å²) >= 11 is 0. The van der Waals surface area contributed by atoms with Crippen molar-refractivity contribution in [2.75, 3.05) is 25.6 Å². The van der Waals surface area contributed by atoms with Crippen molar-refractivity contribution in [3.63, 3.8) is 0 Å². The monoisotopic (exact) mass is 299 g/mol. The molecule has 0 spiro atoms. The maximum atomic E-state index is 12.2. The Kier molecular flexibility index (Phi) is 4.52. The normalized spacial score (nSPS) is 10.3. The largest absolute Gasteiger partial charge is 0.462 e. The summed E-state index contributed by atoms with van der Waals surface area (Å²) in [7, 11) is 3.77. The van der Waals surface area contributed by atoms with Gasteiger partial charge in [-0.15, -0.1) is 12.3 Å². The zero-order valence-electron chi connectivity index (χ0n) is 12.8. The van der Waals surface area contributed by atoms with Crippen molar-refractivity contribution in [3.8, 4) is 12.3 Å². The highest BCUT2D eigenvalue weighted by atomic mass is 16.5. The van der Waals surface area contributed by atoms with Crippen LogP contribution in [0.4, 0.5) is 5.69 Å². The molecule has 1 heterocycles. The SMILES string of the molecule is C#CCc1c(C(=O)OCC)c(=O)oc2cc(N(C)C)ccc12. The summed E-state index contributed by atoms with van der Waals surface area (Å²) < 4.78 is 10.2. The van der Waals surface area contributed by atoms with Crippen molar-refractivity contribution in [3.05, 3.63) is 39.7 Å². The van der Waals surface area contributed by atoms with Gasteiger partial charge in [0.1, 0.15) is 11.1 Å². The van der Waals surface area contributed by atoms with Gasteiger partial charge in [-0.25, -0.2) is 9.59 Å². The molecular weight excluding hydrogens is 282 g/mol.